The van der Waals surface area contributed by atoms with Crippen LogP contribution in [0.15, 0.2) is 29.8 Å². The van der Waals surface area contributed by atoms with E-state index >= 15 is 0 Å². The molecule has 0 aromatic carbocycles. The number of pyridine rings is 1. The summed E-state index contributed by atoms with van der Waals surface area (Å²) in [5, 5.41) is 7.37. The fourth-order valence-electron chi connectivity index (χ4n) is 5.31. The van der Waals surface area contributed by atoms with Gasteiger partial charge in [-0.2, -0.15) is 5.10 Å². The summed E-state index contributed by atoms with van der Waals surface area (Å²) in [5.41, 5.74) is 2.20. The van der Waals surface area contributed by atoms with Crippen LogP contribution in [0.5, 0.6) is 0 Å². The third-order valence-corrected chi connectivity index (χ3v) is 8.13. The van der Waals surface area contributed by atoms with Crippen molar-refractivity contribution >= 4 is 34.2 Å². The molecule has 180 valence electrons. The SMILES string of the molecule is Cc1cc(C(=O)N2CCN(C(=O)CCC3CCCCC3)CC2)c2cnn(Cc3cccs3)c2n1. The van der Waals surface area contributed by atoms with Gasteiger partial charge in [0.2, 0.25) is 5.91 Å². The van der Waals surface area contributed by atoms with E-state index in [1.165, 1.54) is 37.0 Å². The van der Waals surface area contributed by atoms with Crippen LogP contribution in [-0.4, -0.2) is 62.6 Å². The Labute approximate surface area is 204 Å². The van der Waals surface area contributed by atoms with E-state index in [2.05, 4.69) is 21.5 Å². The van der Waals surface area contributed by atoms with Crippen molar-refractivity contribution in [1.29, 1.82) is 0 Å². The number of aromatic nitrogens is 3. The van der Waals surface area contributed by atoms with E-state index in [0.29, 0.717) is 44.7 Å². The Morgan fingerprint density at radius 3 is 2.59 bits per heavy atom. The van der Waals surface area contributed by atoms with Crippen molar-refractivity contribution in [3.05, 3.63) is 45.9 Å². The summed E-state index contributed by atoms with van der Waals surface area (Å²) in [5.74, 6) is 0.966. The molecule has 34 heavy (non-hydrogen) atoms. The molecule has 1 saturated carbocycles. The molecular weight excluding hydrogens is 446 g/mol. The summed E-state index contributed by atoms with van der Waals surface area (Å²) in [6.45, 7) is 4.93. The summed E-state index contributed by atoms with van der Waals surface area (Å²) in [7, 11) is 0. The van der Waals surface area contributed by atoms with Crippen LogP contribution in [0.4, 0.5) is 0 Å². The van der Waals surface area contributed by atoms with Crippen molar-refractivity contribution in [3.8, 4) is 0 Å². The van der Waals surface area contributed by atoms with Gasteiger partial charge in [0.15, 0.2) is 5.65 Å². The molecule has 1 aliphatic carbocycles. The van der Waals surface area contributed by atoms with Crippen LogP contribution in [0, 0.1) is 12.8 Å². The maximum atomic E-state index is 13.5. The second kappa shape index (κ2) is 10.3. The lowest BCUT2D eigenvalue weighted by Gasteiger charge is -2.35. The van der Waals surface area contributed by atoms with Crippen LogP contribution in [-0.2, 0) is 11.3 Å². The molecule has 0 spiro atoms. The van der Waals surface area contributed by atoms with Crippen LogP contribution in [0.25, 0.3) is 11.0 Å². The second-order valence-electron chi connectivity index (χ2n) is 9.65. The first-order valence-electron chi connectivity index (χ1n) is 12.5. The van der Waals surface area contributed by atoms with E-state index in [4.69, 9.17) is 0 Å². The smallest absolute Gasteiger partial charge is 0.254 e. The van der Waals surface area contributed by atoms with E-state index in [1.807, 2.05) is 33.5 Å². The van der Waals surface area contributed by atoms with E-state index in [9.17, 15) is 9.59 Å². The average molecular weight is 480 g/mol. The Balaban J connectivity index is 1.22. The van der Waals surface area contributed by atoms with Gasteiger partial charge in [-0.25, -0.2) is 9.67 Å². The van der Waals surface area contributed by atoms with E-state index in [1.54, 1.807) is 17.5 Å². The summed E-state index contributed by atoms with van der Waals surface area (Å²) in [6.07, 6.45) is 9.95. The van der Waals surface area contributed by atoms with Crippen molar-refractivity contribution in [2.75, 3.05) is 26.2 Å². The highest BCUT2D eigenvalue weighted by atomic mass is 32.1. The fourth-order valence-corrected chi connectivity index (χ4v) is 5.99. The van der Waals surface area contributed by atoms with E-state index in [-0.39, 0.29) is 11.8 Å². The number of fused-ring (bicyclic) bond motifs is 1. The van der Waals surface area contributed by atoms with Crippen LogP contribution in [0.3, 0.4) is 0 Å². The van der Waals surface area contributed by atoms with Gasteiger partial charge in [0.1, 0.15) is 0 Å². The molecule has 2 fully saturated rings. The molecule has 7 nitrogen and oxygen atoms in total. The van der Waals surface area contributed by atoms with E-state index in [0.717, 1.165) is 29.1 Å². The van der Waals surface area contributed by atoms with Crippen LogP contribution < -0.4 is 0 Å². The molecular formula is C26H33N5O2S. The first kappa shape index (κ1) is 23.0. The molecule has 4 heterocycles. The summed E-state index contributed by atoms with van der Waals surface area (Å²) >= 11 is 1.68. The van der Waals surface area contributed by atoms with Crippen molar-refractivity contribution in [2.24, 2.45) is 5.92 Å². The Hall–Kier alpha value is -2.74. The zero-order chi connectivity index (χ0) is 23.5. The molecule has 8 heteroatoms. The molecule has 5 rings (SSSR count). The van der Waals surface area contributed by atoms with Gasteiger partial charge in [-0.15, -0.1) is 11.3 Å². The van der Waals surface area contributed by atoms with Crippen molar-refractivity contribution in [3.63, 3.8) is 0 Å². The molecule has 3 aromatic rings. The molecule has 0 unspecified atom stereocenters. The predicted octanol–water partition coefficient (Wildman–Crippen LogP) is 4.49. The Bertz CT molecular complexity index is 1140. The van der Waals surface area contributed by atoms with Crippen molar-refractivity contribution in [2.45, 2.75) is 58.4 Å². The molecule has 3 aromatic heterocycles. The van der Waals surface area contributed by atoms with Gasteiger partial charge in [0.05, 0.1) is 23.7 Å². The summed E-state index contributed by atoms with van der Waals surface area (Å²) in [6, 6.07) is 5.97. The highest BCUT2D eigenvalue weighted by Crippen LogP contribution is 2.28. The van der Waals surface area contributed by atoms with Gasteiger partial charge >= 0.3 is 0 Å². The van der Waals surface area contributed by atoms with Gasteiger partial charge in [-0.3, -0.25) is 9.59 Å². The molecule has 0 atom stereocenters. The lowest BCUT2D eigenvalue weighted by molar-refractivity contribution is -0.133. The van der Waals surface area contributed by atoms with Gasteiger partial charge in [-0.1, -0.05) is 38.2 Å². The molecule has 0 N–H and O–H groups in total. The van der Waals surface area contributed by atoms with Gasteiger partial charge < -0.3 is 9.80 Å². The normalized spacial score (nSPS) is 17.4. The molecule has 2 amide bonds. The molecule has 0 radical (unpaired) electrons. The number of hydrogen-bond acceptors (Lipinski definition) is 5. The third-order valence-electron chi connectivity index (χ3n) is 7.26. The number of thiophene rings is 1. The standard InChI is InChI=1S/C26H33N5O2S/c1-19-16-22(23-17-27-31(25(23)28-19)18-21-8-5-15-34-21)26(33)30-13-11-29(12-14-30)24(32)10-9-20-6-3-2-4-7-20/h5,8,15-17,20H,2-4,6-7,9-14,18H2,1H3. The Kier molecular flexibility index (Phi) is 6.94. The molecule has 0 bridgehead atoms. The topological polar surface area (TPSA) is 71.3 Å². The van der Waals surface area contributed by atoms with Gasteiger partial charge in [-0.05, 0) is 36.8 Å². The number of carbonyl (C=O) groups excluding carboxylic acids is 2. The number of amides is 2. The fraction of sp³-hybridized carbons (Fsp3) is 0.538. The monoisotopic (exact) mass is 479 g/mol. The lowest BCUT2D eigenvalue weighted by atomic mass is 9.86. The minimum atomic E-state index is 0.000443. The van der Waals surface area contributed by atoms with Crippen LogP contribution in [0.1, 0.15) is 65.9 Å². The zero-order valence-corrected chi connectivity index (χ0v) is 20.7. The second-order valence-corrected chi connectivity index (χ2v) is 10.7. The first-order valence-corrected chi connectivity index (χ1v) is 13.4. The average Bonchev–Trinajstić information content (AvgIpc) is 3.53. The number of nitrogens with zero attached hydrogens (tertiary/aromatic N) is 5. The molecule has 2 aliphatic rings. The summed E-state index contributed by atoms with van der Waals surface area (Å²) in [4.78, 5) is 35.9. The first-order chi connectivity index (χ1) is 16.6. The Morgan fingerprint density at radius 1 is 1.09 bits per heavy atom. The van der Waals surface area contributed by atoms with E-state index < -0.39 is 0 Å². The zero-order valence-electron chi connectivity index (χ0n) is 19.9. The number of rotatable bonds is 6. The number of piperazine rings is 1. The van der Waals surface area contributed by atoms with Crippen molar-refractivity contribution in [1.82, 2.24) is 24.6 Å². The maximum Gasteiger partial charge on any atom is 0.254 e. The number of aryl methyl sites for hydroxylation is 1. The molecule has 1 saturated heterocycles. The number of carbonyl (C=O) groups is 2. The van der Waals surface area contributed by atoms with Crippen molar-refractivity contribution < 1.29 is 9.59 Å². The number of hydrogen-bond donors (Lipinski definition) is 0. The quantitative estimate of drug-likeness (QED) is 0.522. The lowest BCUT2D eigenvalue weighted by Crippen LogP contribution is -2.50. The maximum absolute atomic E-state index is 13.5. The summed E-state index contributed by atoms with van der Waals surface area (Å²) < 4.78 is 1.87. The minimum absolute atomic E-state index is 0.000443. The highest BCUT2D eigenvalue weighted by Gasteiger charge is 2.27. The van der Waals surface area contributed by atoms with Crippen LogP contribution in [0.2, 0.25) is 0 Å². The largest absolute Gasteiger partial charge is 0.339 e. The molecule has 1 aliphatic heterocycles. The van der Waals surface area contributed by atoms with Gasteiger partial charge in [0, 0.05) is 43.2 Å². The van der Waals surface area contributed by atoms with Gasteiger partial charge in [0.25, 0.3) is 5.91 Å². The minimum Gasteiger partial charge on any atom is -0.339 e. The predicted molar refractivity (Wildman–Crippen MR) is 134 cm³/mol. The van der Waals surface area contributed by atoms with Crippen LogP contribution >= 0.6 is 11.3 Å². The third kappa shape index (κ3) is 5.02. The Morgan fingerprint density at radius 2 is 1.85 bits per heavy atom. The highest BCUT2D eigenvalue weighted by molar-refractivity contribution is 7.09.